The van der Waals surface area contributed by atoms with Gasteiger partial charge in [-0.05, 0) is 25.0 Å². The molecule has 0 bridgehead atoms. The third-order valence-corrected chi connectivity index (χ3v) is 4.58. The summed E-state index contributed by atoms with van der Waals surface area (Å²) in [4.78, 5) is 1.14. The van der Waals surface area contributed by atoms with E-state index in [-0.39, 0.29) is 0 Å². The van der Waals surface area contributed by atoms with E-state index in [1.807, 2.05) is 30.3 Å². The van der Waals surface area contributed by atoms with E-state index >= 15 is 0 Å². The highest BCUT2D eigenvalue weighted by Gasteiger charge is 2.36. The van der Waals surface area contributed by atoms with Gasteiger partial charge in [0.25, 0.3) is 0 Å². The van der Waals surface area contributed by atoms with E-state index in [4.69, 9.17) is 0 Å². The first-order valence-corrected chi connectivity index (χ1v) is 7.27. The monoisotopic (exact) mass is 252 g/mol. The first-order valence-electron chi connectivity index (χ1n) is 6.29. The summed E-state index contributed by atoms with van der Waals surface area (Å²) in [6, 6.07) is 10.0. The van der Waals surface area contributed by atoms with Gasteiger partial charge in [0.15, 0.2) is 0 Å². The molecule has 3 heteroatoms. The van der Waals surface area contributed by atoms with Gasteiger partial charge in [0, 0.05) is 10.6 Å². The molecule has 0 spiro atoms. The maximum absolute atomic E-state index is 10.4. The average Bonchev–Trinajstić information content (AvgIpc) is 2.38. The van der Waals surface area contributed by atoms with Crippen LogP contribution in [0.5, 0.6) is 0 Å². The van der Waals surface area contributed by atoms with Crippen molar-refractivity contribution in [1.82, 2.24) is 0 Å². The molecule has 0 amide bonds. The van der Waals surface area contributed by atoms with E-state index in [2.05, 4.69) is 0 Å². The van der Waals surface area contributed by atoms with Gasteiger partial charge in [-0.3, -0.25) is 0 Å². The van der Waals surface area contributed by atoms with Gasteiger partial charge in [-0.2, -0.15) is 0 Å². The molecule has 1 unspecified atom stereocenters. The molecule has 0 saturated heterocycles. The summed E-state index contributed by atoms with van der Waals surface area (Å²) >= 11 is 1.61. The number of hydrogen-bond acceptors (Lipinski definition) is 3. The molecular formula is C14H20O2S. The largest absolute Gasteiger partial charge is 0.389 e. The third kappa shape index (κ3) is 3.47. The van der Waals surface area contributed by atoms with Gasteiger partial charge in [0.1, 0.15) is 0 Å². The van der Waals surface area contributed by atoms with Crippen LogP contribution >= 0.6 is 11.8 Å². The van der Waals surface area contributed by atoms with Crippen LogP contribution in [0, 0.1) is 0 Å². The molecule has 0 radical (unpaired) electrons. The number of benzene rings is 1. The Kier molecular flexibility index (Phi) is 4.48. The van der Waals surface area contributed by atoms with Crippen molar-refractivity contribution in [3.05, 3.63) is 30.3 Å². The molecule has 0 heterocycles. The van der Waals surface area contributed by atoms with Gasteiger partial charge >= 0.3 is 0 Å². The highest BCUT2D eigenvalue weighted by atomic mass is 32.2. The molecule has 1 aliphatic carbocycles. The van der Waals surface area contributed by atoms with Gasteiger partial charge < -0.3 is 10.2 Å². The lowest BCUT2D eigenvalue weighted by Gasteiger charge is -2.36. The summed E-state index contributed by atoms with van der Waals surface area (Å²) in [6.45, 7) is 0. The van der Waals surface area contributed by atoms with Crippen LogP contribution in [0.25, 0.3) is 0 Å². The highest BCUT2D eigenvalue weighted by Crippen LogP contribution is 2.33. The Morgan fingerprint density at radius 3 is 2.41 bits per heavy atom. The number of rotatable bonds is 4. The van der Waals surface area contributed by atoms with Gasteiger partial charge in [-0.15, -0.1) is 11.8 Å². The van der Waals surface area contributed by atoms with Crippen LogP contribution in [0.1, 0.15) is 32.1 Å². The SMILES string of the molecule is OC(CSc1ccccc1)C1(O)CCCCC1. The third-order valence-electron chi connectivity index (χ3n) is 3.49. The maximum atomic E-state index is 10.4. The van der Waals surface area contributed by atoms with Crippen molar-refractivity contribution in [3.8, 4) is 0 Å². The Balaban J connectivity index is 1.86. The number of aliphatic hydroxyl groups excluding tert-OH is 1. The van der Waals surface area contributed by atoms with E-state index < -0.39 is 11.7 Å². The first-order chi connectivity index (χ1) is 8.21. The number of hydrogen-bond donors (Lipinski definition) is 2. The molecule has 94 valence electrons. The molecule has 2 N–H and O–H groups in total. The van der Waals surface area contributed by atoms with Crippen molar-refractivity contribution in [1.29, 1.82) is 0 Å². The van der Waals surface area contributed by atoms with Crippen LogP contribution in [0.2, 0.25) is 0 Å². The standard InChI is InChI=1S/C14H20O2S/c15-13(14(16)9-5-2-6-10-14)11-17-12-7-3-1-4-8-12/h1,3-4,7-8,13,15-16H,2,5-6,9-11H2. The van der Waals surface area contributed by atoms with Crippen LogP contribution in [-0.4, -0.2) is 27.7 Å². The molecule has 1 aromatic carbocycles. The fraction of sp³-hybridized carbons (Fsp3) is 0.571. The molecule has 0 aromatic heterocycles. The Morgan fingerprint density at radius 2 is 1.76 bits per heavy atom. The van der Waals surface area contributed by atoms with E-state index in [1.54, 1.807) is 11.8 Å². The second-order valence-electron chi connectivity index (χ2n) is 4.80. The Morgan fingerprint density at radius 1 is 1.12 bits per heavy atom. The minimum absolute atomic E-state index is 0.570. The lowest BCUT2D eigenvalue weighted by molar-refractivity contribution is -0.0863. The predicted octanol–water partition coefficient (Wildman–Crippen LogP) is 2.83. The van der Waals surface area contributed by atoms with Crippen LogP contribution in [0.15, 0.2) is 35.2 Å². The predicted molar refractivity (Wildman–Crippen MR) is 71.2 cm³/mol. The minimum Gasteiger partial charge on any atom is -0.389 e. The van der Waals surface area contributed by atoms with E-state index in [1.165, 1.54) is 6.42 Å². The summed E-state index contributed by atoms with van der Waals surface area (Å²) in [5.74, 6) is 0.570. The smallest absolute Gasteiger partial charge is 0.0920 e. The normalized spacial score (nSPS) is 21.1. The van der Waals surface area contributed by atoms with Crippen LogP contribution in [-0.2, 0) is 0 Å². The molecule has 2 rings (SSSR count). The fourth-order valence-electron chi connectivity index (χ4n) is 2.34. The maximum Gasteiger partial charge on any atom is 0.0920 e. The van der Waals surface area contributed by atoms with Crippen molar-refractivity contribution < 1.29 is 10.2 Å². The molecule has 1 saturated carbocycles. The lowest BCUT2D eigenvalue weighted by atomic mass is 9.81. The van der Waals surface area contributed by atoms with Crippen molar-refractivity contribution in [2.75, 3.05) is 5.75 Å². The van der Waals surface area contributed by atoms with Crippen LogP contribution in [0.3, 0.4) is 0 Å². The number of aliphatic hydroxyl groups is 2. The Labute approximate surface area is 107 Å². The molecule has 1 aliphatic rings. The summed E-state index contributed by atoms with van der Waals surface area (Å²) in [5.41, 5.74) is -0.847. The van der Waals surface area contributed by atoms with Crippen molar-refractivity contribution in [3.63, 3.8) is 0 Å². The number of thioether (sulfide) groups is 1. The van der Waals surface area contributed by atoms with E-state index in [0.29, 0.717) is 5.75 Å². The summed E-state index contributed by atoms with van der Waals surface area (Å²) in [7, 11) is 0. The molecular weight excluding hydrogens is 232 g/mol. The minimum atomic E-state index is -0.847. The zero-order chi connectivity index (χ0) is 12.1. The molecule has 0 aliphatic heterocycles. The Bertz CT molecular complexity index is 333. The molecule has 17 heavy (non-hydrogen) atoms. The van der Waals surface area contributed by atoms with Crippen molar-refractivity contribution in [2.45, 2.75) is 48.7 Å². The molecule has 1 fully saturated rings. The topological polar surface area (TPSA) is 40.5 Å². The van der Waals surface area contributed by atoms with Gasteiger partial charge in [0.2, 0.25) is 0 Å². The van der Waals surface area contributed by atoms with Gasteiger partial charge in [-0.1, -0.05) is 37.5 Å². The summed E-state index contributed by atoms with van der Waals surface area (Å²) < 4.78 is 0. The second kappa shape index (κ2) is 5.89. The van der Waals surface area contributed by atoms with Gasteiger partial charge in [0.05, 0.1) is 11.7 Å². The molecule has 1 atom stereocenters. The summed E-state index contributed by atoms with van der Waals surface area (Å²) in [5, 5.41) is 20.5. The average molecular weight is 252 g/mol. The molecule has 2 nitrogen and oxygen atoms in total. The first kappa shape index (κ1) is 12.9. The van der Waals surface area contributed by atoms with Gasteiger partial charge in [-0.25, -0.2) is 0 Å². The zero-order valence-electron chi connectivity index (χ0n) is 10.0. The molecule has 1 aromatic rings. The highest BCUT2D eigenvalue weighted by molar-refractivity contribution is 7.99. The summed E-state index contributed by atoms with van der Waals surface area (Å²) in [6.07, 6.45) is 4.11. The zero-order valence-corrected chi connectivity index (χ0v) is 10.8. The fourth-order valence-corrected chi connectivity index (χ4v) is 3.35. The van der Waals surface area contributed by atoms with E-state index in [9.17, 15) is 10.2 Å². The van der Waals surface area contributed by atoms with E-state index in [0.717, 1.165) is 30.6 Å². The quantitative estimate of drug-likeness (QED) is 0.810. The Hall–Kier alpha value is -0.510. The van der Waals surface area contributed by atoms with Crippen molar-refractivity contribution in [2.24, 2.45) is 0 Å². The second-order valence-corrected chi connectivity index (χ2v) is 5.90. The van der Waals surface area contributed by atoms with Crippen LogP contribution in [0.4, 0.5) is 0 Å². The van der Waals surface area contributed by atoms with Crippen LogP contribution < -0.4 is 0 Å². The van der Waals surface area contributed by atoms with Crippen molar-refractivity contribution >= 4 is 11.8 Å². The lowest BCUT2D eigenvalue weighted by Crippen LogP contribution is -2.45.